The number of unbranched alkanes of at least 4 members (excludes halogenated alkanes) is 2. The predicted octanol–water partition coefficient (Wildman–Crippen LogP) is 3.82. The van der Waals surface area contributed by atoms with Crippen molar-refractivity contribution in [3.05, 3.63) is 60.2 Å². The van der Waals surface area contributed by atoms with Crippen LogP contribution in [-0.2, 0) is 4.84 Å². The van der Waals surface area contributed by atoms with Crippen LogP contribution in [0.1, 0.15) is 36.5 Å². The van der Waals surface area contributed by atoms with Crippen LogP contribution in [0.25, 0.3) is 21.5 Å². The van der Waals surface area contributed by atoms with Crippen molar-refractivity contribution in [1.82, 2.24) is 0 Å². The molecule has 1 radical (unpaired) electrons. The van der Waals surface area contributed by atoms with E-state index in [1.54, 1.807) is 5.48 Å². The van der Waals surface area contributed by atoms with E-state index >= 15 is 0 Å². The summed E-state index contributed by atoms with van der Waals surface area (Å²) in [5.41, 5.74) is 2.31. The van der Waals surface area contributed by atoms with Crippen LogP contribution in [-0.4, -0.2) is 12.5 Å². The molecule has 3 aromatic carbocycles. The highest BCUT2D eigenvalue weighted by atomic mass is 16.7. The molecule has 0 aromatic heterocycles. The van der Waals surface area contributed by atoms with Crippen LogP contribution in [0.4, 0.5) is 0 Å². The van der Waals surface area contributed by atoms with E-state index in [1.807, 2.05) is 48.5 Å². The first-order valence-corrected chi connectivity index (χ1v) is 8.24. The minimum Gasteiger partial charge on any atom is -0.0838 e. The molecular weight excluding hydrogens is 286 g/mol. The van der Waals surface area contributed by atoms with Gasteiger partial charge in [-0.15, -0.1) is 0 Å². The Balaban J connectivity index is 1.95. The monoisotopic (exact) mass is 308 g/mol. The lowest BCUT2D eigenvalue weighted by atomic mass is 9.97. The molecule has 23 heavy (non-hydrogen) atoms. The van der Waals surface area contributed by atoms with E-state index in [4.69, 9.17) is 4.84 Å². The zero-order valence-corrected chi connectivity index (χ0v) is 13.4. The van der Waals surface area contributed by atoms with Crippen molar-refractivity contribution in [3.63, 3.8) is 0 Å². The standard InChI is InChI=1S/C20H21NO2/c1-2-3-8-13-21-23-20(22)19-17-11-6-4-9-15(17)14-16-10-5-7-12-18(16)19/h4-7,9-12,14,21H,2-3,8,13H2,1H3/q+1/p+1. The number of benzene rings is 3. The van der Waals surface area contributed by atoms with Crippen LogP contribution >= 0.6 is 0 Å². The number of fused-ring (bicyclic) bond motifs is 2. The zero-order chi connectivity index (χ0) is 16.1. The third-order valence-electron chi connectivity index (χ3n) is 4.09. The Morgan fingerprint density at radius 3 is 2.17 bits per heavy atom. The molecule has 2 N–H and O–H groups in total. The maximum Gasteiger partial charge on any atom is 0.671 e. The Kier molecular flexibility index (Phi) is 4.89. The Bertz CT molecular complexity index is 772. The molecule has 0 aliphatic carbocycles. The molecule has 0 spiro atoms. The highest BCUT2D eigenvalue weighted by Crippen LogP contribution is 2.28. The summed E-state index contributed by atoms with van der Waals surface area (Å²) >= 11 is 0. The zero-order valence-electron chi connectivity index (χ0n) is 13.4. The normalized spacial score (nSPS) is 11.0. The predicted molar refractivity (Wildman–Crippen MR) is 93.2 cm³/mol. The second-order valence-corrected chi connectivity index (χ2v) is 5.76. The lowest BCUT2D eigenvalue weighted by Crippen LogP contribution is -2.84. The summed E-state index contributed by atoms with van der Waals surface area (Å²) < 4.78 is 0. The summed E-state index contributed by atoms with van der Waals surface area (Å²) in [6, 6.07) is 18.0. The molecule has 0 saturated heterocycles. The SMILES string of the molecule is CCCCC[NH2+]OC(=[O+])c1c2ccccc2cc2ccccc12. The Morgan fingerprint density at radius 2 is 1.57 bits per heavy atom. The van der Waals surface area contributed by atoms with E-state index in [1.165, 1.54) is 0 Å². The van der Waals surface area contributed by atoms with Crippen LogP contribution in [0.3, 0.4) is 0 Å². The first kappa shape index (κ1) is 15.5. The van der Waals surface area contributed by atoms with Gasteiger partial charge in [-0.1, -0.05) is 72.2 Å². The van der Waals surface area contributed by atoms with Gasteiger partial charge in [0.1, 0.15) is 6.54 Å². The van der Waals surface area contributed by atoms with Gasteiger partial charge in [-0.05, 0) is 23.3 Å². The number of hydroxylamine groups is 1. The number of nitrogens with two attached hydrogens (primary N) is 1. The number of rotatable bonds is 6. The Labute approximate surface area is 136 Å². The van der Waals surface area contributed by atoms with E-state index < -0.39 is 0 Å². The third kappa shape index (κ3) is 3.35. The minimum absolute atomic E-state index is 0.269. The summed E-state index contributed by atoms with van der Waals surface area (Å²) in [5, 5.41) is 4.00. The van der Waals surface area contributed by atoms with E-state index in [2.05, 4.69) is 13.0 Å². The number of quaternary nitrogens is 1. The van der Waals surface area contributed by atoms with Crippen molar-refractivity contribution < 1.29 is 15.1 Å². The lowest BCUT2D eigenvalue weighted by molar-refractivity contribution is -0.870. The van der Waals surface area contributed by atoms with Gasteiger partial charge in [0.2, 0.25) is 0 Å². The van der Waals surface area contributed by atoms with E-state index in [9.17, 15) is 4.79 Å². The van der Waals surface area contributed by atoms with Crippen LogP contribution < -0.4 is 5.48 Å². The smallest absolute Gasteiger partial charge is 0.0838 e. The molecule has 0 aliphatic heterocycles. The first-order chi connectivity index (χ1) is 11.3. The molecule has 0 bridgehead atoms. The van der Waals surface area contributed by atoms with Gasteiger partial charge in [-0.3, -0.25) is 0 Å². The minimum atomic E-state index is -0.269. The van der Waals surface area contributed by atoms with Gasteiger partial charge < -0.3 is 0 Å². The third-order valence-corrected chi connectivity index (χ3v) is 4.09. The molecule has 3 rings (SSSR count). The quantitative estimate of drug-likeness (QED) is 0.326. The van der Waals surface area contributed by atoms with Crippen molar-refractivity contribution in [2.45, 2.75) is 26.2 Å². The molecule has 0 atom stereocenters. The van der Waals surface area contributed by atoms with E-state index in [0.29, 0.717) is 5.56 Å². The average molecular weight is 308 g/mol. The fraction of sp³-hybridized carbons (Fsp3) is 0.250. The van der Waals surface area contributed by atoms with Crippen LogP contribution in [0.5, 0.6) is 0 Å². The lowest BCUT2D eigenvalue weighted by Gasteiger charge is -2.05. The fourth-order valence-corrected chi connectivity index (χ4v) is 2.90. The van der Waals surface area contributed by atoms with Crippen molar-refractivity contribution in [1.29, 1.82) is 0 Å². The molecule has 3 aromatic rings. The summed E-state index contributed by atoms with van der Waals surface area (Å²) in [6.45, 7) is 2.97. The molecule has 117 valence electrons. The molecule has 0 heterocycles. The summed E-state index contributed by atoms with van der Waals surface area (Å²) in [5.74, 6) is -0.269. The summed E-state index contributed by atoms with van der Waals surface area (Å²) in [7, 11) is 0. The molecule has 0 fully saturated rings. The molecule has 0 unspecified atom stereocenters. The Morgan fingerprint density at radius 1 is 0.957 bits per heavy atom. The molecule has 0 amide bonds. The topological polar surface area (TPSA) is 45.7 Å². The number of hydrogen-bond donors (Lipinski definition) is 1. The van der Waals surface area contributed by atoms with Crippen molar-refractivity contribution in [2.75, 3.05) is 6.54 Å². The Hall–Kier alpha value is -2.39. The van der Waals surface area contributed by atoms with Gasteiger partial charge in [0.05, 0.1) is 4.79 Å². The van der Waals surface area contributed by atoms with Gasteiger partial charge in [0.25, 0.3) is 0 Å². The van der Waals surface area contributed by atoms with Crippen LogP contribution in [0, 0.1) is 0 Å². The fourth-order valence-electron chi connectivity index (χ4n) is 2.90. The van der Waals surface area contributed by atoms with Gasteiger partial charge in [0, 0.05) is 17.2 Å². The molecular formula is C20H22NO2+2. The second kappa shape index (κ2) is 7.25. The first-order valence-electron chi connectivity index (χ1n) is 8.24. The highest BCUT2D eigenvalue weighted by molar-refractivity contribution is 6.16. The average Bonchev–Trinajstić information content (AvgIpc) is 2.59. The molecule has 3 nitrogen and oxygen atoms in total. The van der Waals surface area contributed by atoms with Crippen molar-refractivity contribution >= 4 is 27.5 Å². The van der Waals surface area contributed by atoms with Gasteiger partial charge in [-0.25, -0.2) is 0 Å². The van der Waals surface area contributed by atoms with Crippen LogP contribution in [0.15, 0.2) is 54.6 Å². The van der Waals surface area contributed by atoms with Gasteiger partial charge >= 0.3 is 5.97 Å². The molecule has 0 saturated carbocycles. The van der Waals surface area contributed by atoms with Crippen molar-refractivity contribution in [2.24, 2.45) is 0 Å². The van der Waals surface area contributed by atoms with Gasteiger partial charge in [0.15, 0.2) is 5.56 Å². The molecule has 3 heteroatoms. The maximum atomic E-state index is 12.7. The number of hydrogen-bond acceptors (Lipinski definition) is 2. The maximum absolute atomic E-state index is 12.7. The van der Waals surface area contributed by atoms with Crippen molar-refractivity contribution in [3.8, 4) is 0 Å². The highest BCUT2D eigenvalue weighted by Gasteiger charge is 2.29. The number of carbonyl (C=O) groups is 1. The van der Waals surface area contributed by atoms with E-state index in [0.717, 1.165) is 47.4 Å². The van der Waals surface area contributed by atoms with E-state index in [-0.39, 0.29) is 5.97 Å². The number of carbonyl (C=O) groups excluding carboxylic acids is 1. The summed E-state index contributed by atoms with van der Waals surface area (Å²) in [6.07, 6.45) is 3.38. The molecule has 0 aliphatic rings. The van der Waals surface area contributed by atoms with Gasteiger partial charge in [-0.2, -0.15) is 0 Å². The largest absolute Gasteiger partial charge is 0.671 e. The second-order valence-electron chi connectivity index (χ2n) is 5.76. The summed E-state index contributed by atoms with van der Waals surface area (Å²) in [4.78, 5) is 18.1. The van der Waals surface area contributed by atoms with Crippen LogP contribution in [0.2, 0.25) is 0 Å².